The van der Waals surface area contributed by atoms with Crippen LogP contribution in [0.5, 0.6) is 0 Å². The monoisotopic (exact) mass is 432 g/mol. The molecule has 6 heterocycles. The van der Waals surface area contributed by atoms with Gasteiger partial charge in [0.2, 0.25) is 5.60 Å². The summed E-state index contributed by atoms with van der Waals surface area (Å²) in [5.41, 5.74) is -1.90. The van der Waals surface area contributed by atoms with Gasteiger partial charge < -0.3 is 28.1 Å². The number of hydrogen-bond acceptors (Lipinski definition) is 9. The molecular formula is C22H24O9. The molecule has 6 rings (SSSR count). The molecule has 31 heavy (non-hydrogen) atoms. The van der Waals surface area contributed by atoms with Gasteiger partial charge in [0.15, 0.2) is 6.29 Å². The molecule has 9 nitrogen and oxygen atoms in total. The smallest absolute Gasteiger partial charge is 0.345 e. The summed E-state index contributed by atoms with van der Waals surface area (Å²) in [6.45, 7) is 5.72. The fourth-order valence-corrected chi connectivity index (χ4v) is 5.42. The summed E-state index contributed by atoms with van der Waals surface area (Å²) in [6, 6.07) is 1.72. The zero-order valence-electron chi connectivity index (χ0n) is 17.5. The summed E-state index contributed by atoms with van der Waals surface area (Å²) in [7, 11) is 0. The minimum absolute atomic E-state index is 0.173. The van der Waals surface area contributed by atoms with Crippen LogP contribution in [-0.2, 0) is 39.7 Å². The van der Waals surface area contributed by atoms with Crippen LogP contribution in [0.3, 0.4) is 0 Å². The number of hydrogen-bond donors (Lipinski definition) is 0. The second-order valence-electron chi connectivity index (χ2n) is 9.77. The zero-order chi connectivity index (χ0) is 21.8. The van der Waals surface area contributed by atoms with Gasteiger partial charge >= 0.3 is 11.9 Å². The maximum absolute atomic E-state index is 12.9. The highest BCUT2D eigenvalue weighted by Crippen LogP contribution is 2.59. The molecule has 0 aliphatic carbocycles. The Morgan fingerprint density at radius 1 is 1.26 bits per heavy atom. The van der Waals surface area contributed by atoms with Crippen LogP contribution in [0.4, 0.5) is 0 Å². The Kier molecular flexibility index (Phi) is 3.74. The van der Waals surface area contributed by atoms with Crippen molar-refractivity contribution in [3.05, 3.63) is 23.2 Å². The number of epoxide rings is 3. The van der Waals surface area contributed by atoms with Crippen LogP contribution in [0.1, 0.15) is 61.6 Å². The largest absolute Gasteiger partial charge is 0.462 e. The van der Waals surface area contributed by atoms with E-state index in [4.69, 9.17) is 28.1 Å². The highest BCUT2D eigenvalue weighted by molar-refractivity contribution is 5.88. The van der Waals surface area contributed by atoms with Gasteiger partial charge in [0.05, 0.1) is 17.8 Å². The van der Waals surface area contributed by atoms with Gasteiger partial charge in [-0.25, -0.2) is 4.79 Å². The van der Waals surface area contributed by atoms with E-state index >= 15 is 0 Å². The quantitative estimate of drug-likeness (QED) is 0.399. The van der Waals surface area contributed by atoms with Crippen LogP contribution in [0.2, 0.25) is 0 Å². The van der Waals surface area contributed by atoms with Crippen molar-refractivity contribution in [3.8, 4) is 0 Å². The molecule has 4 saturated heterocycles. The summed E-state index contributed by atoms with van der Waals surface area (Å²) in [4.78, 5) is 36.6. The number of rotatable bonds is 3. The van der Waals surface area contributed by atoms with Gasteiger partial charge in [-0.05, 0) is 26.3 Å². The lowest BCUT2D eigenvalue weighted by Crippen LogP contribution is -2.43. The standard InChI is InChI=1S/C22H24O9/c1-10(24)27-16-6-12(21(3)9-26-21)5-13-11(8-23)4-14(28-13)17-20(2,30-17)7-15-18-22(16,31-18)19(25)29-15/h4,8,12,15-18H,5-7,9H2,1-3H3/t12-,15?,16+,17+,18-,20+,21?,22-/m0/s1. The maximum Gasteiger partial charge on any atom is 0.345 e. The predicted octanol–water partition coefficient (Wildman–Crippen LogP) is 1.66. The molecule has 9 heteroatoms. The first-order valence-corrected chi connectivity index (χ1v) is 10.6. The first kappa shape index (κ1) is 19.5. The second-order valence-corrected chi connectivity index (χ2v) is 9.77. The second kappa shape index (κ2) is 5.96. The summed E-state index contributed by atoms with van der Waals surface area (Å²) in [5.74, 6) is -0.0419. The van der Waals surface area contributed by atoms with E-state index in [0.717, 1.165) is 6.29 Å². The van der Waals surface area contributed by atoms with Crippen molar-refractivity contribution < 1.29 is 42.5 Å². The van der Waals surface area contributed by atoms with E-state index in [1.807, 2.05) is 13.8 Å². The topological polar surface area (TPSA) is 120 Å². The molecule has 4 bridgehead atoms. The number of aldehydes is 1. The molecular weight excluding hydrogens is 408 g/mol. The van der Waals surface area contributed by atoms with Crippen molar-refractivity contribution in [2.24, 2.45) is 5.92 Å². The molecule has 0 N–H and O–H groups in total. The van der Waals surface area contributed by atoms with Gasteiger partial charge in [-0.1, -0.05) is 0 Å². The third-order valence-electron chi connectivity index (χ3n) is 7.52. The van der Waals surface area contributed by atoms with Gasteiger partial charge in [-0.2, -0.15) is 0 Å². The molecule has 0 spiro atoms. The van der Waals surface area contributed by atoms with Gasteiger partial charge in [-0.15, -0.1) is 0 Å². The molecule has 2 unspecified atom stereocenters. The zero-order valence-corrected chi connectivity index (χ0v) is 17.5. The van der Waals surface area contributed by atoms with E-state index in [-0.39, 0.29) is 12.0 Å². The van der Waals surface area contributed by atoms with Crippen molar-refractivity contribution in [3.63, 3.8) is 0 Å². The molecule has 1 aromatic heterocycles. The number of furan rings is 1. The Hall–Kier alpha value is -2.23. The summed E-state index contributed by atoms with van der Waals surface area (Å²) < 4.78 is 34.9. The van der Waals surface area contributed by atoms with E-state index < -0.39 is 47.1 Å². The van der Waals surface area contributed by atoms with Gasteiger partial charge in [0.25, 0.3) is 0 Å². The van der Waals surface area contributed by atoms with Crippen LogP contribution >= 0.6 is 0 Å². The number of carbonyl (C=O) groups is 3. The van der Waals surface area contributed by atoms with E-state index in [1.54, 1.807) is 6.07 Å². The number of carbonyl (C=O) groups excluding carboxylic acids is 3. The van der Waals surface area contributed by atoms with Crippen LogP contribution in [0, 0.1) is 5.92 Å². The Labute approximate surface area is 178 Å². The summed E-state index contributed by atoms with van der Waals surface area (Å²) in [5, 5.41) is 0. The van der Waals surface area contributed by atoms with Crippen molar-refractivity contribution in [1.82, 2.24) is 0 Å². The van der Waals surface area contributed by atoms with Gasteiger partial charge in [-0.3, -0.25) is 9.59 Å². The molecule has 8 atom stereocenters. The predicted molar refractivity (Wildman–Crippen MR) is 100 cm³/mol. The molecule has 4 fully saturated rings. The Bertz CT molecular complexity index is 993. The van der Waals surface area contributed by atoms with Crippen molar-refractivity contribution in [1.29, 1.82) is 0 Å². The minimum Gasteiger partial charge on any atom is -0.462 e. The summed E-state index contributed by atoms with van der Waals surface area (Å²) >= 11 is 0. The van der Waals surface area contributed by atoms with Crippen molar-refractivity contribution in [2.75, 3.05) is 6.61 Å². The molecule has 1 aromatic rings. The lowest BCUT2D eigenvalue weighted by molar-refractivity contribution is -0.166. The first-order valence-electron chi connectivity index (χ1n) is 10.6. The third kappa shape index (κ3) is 2.76. The molecule has 0 saturated carbocycles. The first-order chi connectivity index (χ1) is 14.7. The number of ether oxygens (including phenoxy) is 5. The number of esters is 2. The fraction of sp³-hybridized carbons (Fsp3) is 0.682. The Balaban J connectivity index is 1.43. The van der Waals surface area contributed by atoms with Crippen LogP contribution in [0.15, 0.2) is 10.5 Å². The van der Waals surface area contributed by atoms with Crippen molar-refractivity contribution in [2.45, 2.75) is 81.3 Å². The van der Waals surface area contributed by atoms with E-state index in [9.17, 15) is 14.4 Å². The molecule has 0 amide bonds. The van der Waals surface area contributed by atoms with Crippen molar-refractivity contribution >= 4 is 18.2 Å². The maximum atomic E-state index is 12.9. The summed E-state index contributed by atoms with van der Waals surface area (Å²) in [6.07, 6.45) is -0.241. The Morgan fingerprint density at radius 2 is 2.03 bits per heavy atom. The average molecular weight is 432 g/mol. The van der Waals surface area contributed by atoms with Gasteiger partial charge in [0, 0.05) is 25.7 Å². The Morgan fingerprint density at radius 3 is 2.68 bits per heavy atom. The van der Waals surface area contributed by atoms with Crippen LogP contribution in [0.25, 0.3) is 0 Å². The normalized spacial score (nSPS) is 46.9. The number of fused-ring (bicyclic) bond motifs is 4. The molecule has 5 aliphatic heterocycles. The third-order valence-corrected chi connectivity index (χ3v) is 7.52. The molecule has 5 aliphatic rings. The van der Waals surface area contributed by atoms with E-state index in [2.05, 4.69) is 0 Å². The molecule has 166 valence electrons. The highest BCUT2D eigenvalue weighted by Gasteiger charge is 2.79. The van der Waals surface area contributed by atoms with Crippen LogP contribution < -0.4 is 0 Å². The lowest BCUT2D eigenvalue weighted by atomic mass is 9.80. The lowest BCUT2D eigenvalue weighted by Gasteiger charge is -2.27. The van der Waals surface area contributed by atoms with E-state index in [1.165, 1.54) is 6.92 Å². The van der Waals surface area contributed by atoms with Gasteiger partial charge in [0.1, 0.15) is 41.5 Å². The minimum atomic E-state index is -1.30. The molecule has 0 aromatic carbocycles. The highest BCUT2D eigenvalue weighted by atomic mass is 16.7. The fourth-order valence-electron chi connectivity index (χ4n) is 5.42. The van der Waals surface area contributed by atoms with Crippen LogP contribution in [-0.4, -0.2) is 59.9 Å². The van der Waals surface area contributed by atoms with E-state index in [0.29, 0.717) is 43.0 Å². The SMILES string of the molecule is CC(=O)O[C@@H]1C[C@@H](C2(C)CO2)Cc2oc(cc2C=O)[C@H]2O[C@]2(C)CC2OC(=O)[C@]13O[C@@H]23. The molecule has 0 radical (unpaired) electrons. The average Bonchev–Trinajstić information content (AvgIpc) is 3.64.